The number of nitrogens with zero attached hydrogens (tertiary/aromatic N) is 2. The number of halogens is 2. The molecule has 4 aromatic rings. The van der Waals surface area contributed by atoms with Gasteiger partial charge in [-0.1, -0.05) is 60.1 Å². The van der Waals surface area contributed by atoms with Crippen molar-refractivity contribution in [2.24, 2.45) is 0 Å². The van der Waals surface area contributed by atoms with E-state index >= 15 is 0 Å². The van der Waals surface area contributed by atoms with Crippen molar-refractivity contribution in [3.63, 3.8) is 0 Å². The Morgan fingerprint density at radius 1 is 1.00 bits per heavy atom. The summed E-state index contributed by atoms with van der Waals surface area (Å²) < 4.78 is 15.1. The maximum absolute atomic E-state index is 13.7. The summed E-state index contributed by atoms with van der Waals surface area (Å²) in [5, 5.41) is 15.6. The summed E-state index contributed by atoms with van der Waals surface area (Å²) in [6.45, 7) is 2.05. The number of phenolic OH excluding ortho intramolecular Hbond substituents is 1. The molecule has 0 spiro atoms. The summed E-state index contributed by atoms with van der Waals surface area (Å²) in [6, 6.07) is 20.6. The van der Waals surface area contributed by atoms with Gasteiger partial charge in [-0.2, -0.15) is 5.10 Å². The molecule has 0 aliphatic heterocycles. The molecule has 0 unspecified atom stereocenters. The minimum absolute atomic E-state index is 0.0765. The fourth-order valence-electron chi connectivity index (χ4n) is 3.89. The van der Waals surface area contributed by atoms with E-state index in [1.807, 2.05) is 31.2 Å². The predicted octanol–water partition coefficient (Wildman–Crippen LogP) is 5.55. The molecule has 0 bridgehead atoms. The van der Waals surface area contributed by atoms with Crippen molar-refractivity contribution in [1.29, 1.82) is 0 Å². The first-order valence-electron chi connectivity index (χ1n) is 10.3. The lowest BCUT2D eigenvalue weighted by molar-refractivity contribution is 0.477. The first kappa shape index (κ1) is 21.8. The van der Waals surface area contributed by atoms with E-state index in [1.54, 1.807) is 36.4 Å². The zero-order valence-electron chi connectivity index (χ0n) is 17.6. The molecule has 1 N–H and O–H groups in total. The molecule has 3 aromatic carbocycles. The molecule has 4 nitrogen and oxygen atoms in total. The molecule has 4 rings (SSSR count). The standard InChI is InChI=1S/C26H22ClFN2O2/c1-17-25(21-10-3-5-12-24(21)31)22(14-13-18-7-6-9-20(28)15-18)26(32)30(29-17)16-19-8-2-4-11-23(19)27/h2-12,15,31H,13-14,16H2,1H3. The first-order valence-corrected chi connectivity index (χ1v) is 10.7. The molecule has 0 atom stereocenters. The molecule has 0 saturated carbocycles. The molecular formula is C26H22ClFN2O2. The normalized spacial score (nSPS) is 11.0. The van der Waals surface area contributed by atoms with E-state index in [2.05, 4.69) is 5.10 Å². The summed E-state index contributed by atoms with van der Waals surface area (Å²) in [5.41, 5.74) is 3.62. The van der Waals surface area contributed by atoms with E-state index in [9.17, 15) is 14.3 Å². The first-order chi connectivity index (χ1) is 15.4. The number of hydrogen-bond donors (Lipinski definition) is 1. The number of rotatable bonds is 6. The van der Waals surface area contributed by atoms with Crippen LogP contribution < -0.4 is 5.56 Å². The van der Waals surface area contributed by atoms with Crippen molar-refractivity contribution >= 4 is 11.6 Å². The smallest absolute Gasteiger partial charge is 0.270 e. The summed E-state index contributed by atoms with van der Waals surface area (Å²) in [4.78, 5) is 13.5. The van der Waals surface area contributed by atoms with Gasteiger partial charge in [0.25, 0.3) is 5.56 Å². The third-order valence-corrected chi connectivity index (χ3v) is 5.80. The number of hydrogen-bond acceptors (Lipinski definition) is 3. The van der Waals surface area contributed by atoms with Gasteiger partial charge >= 0.3 is 0 Å². The molecule has 0 aliphatic rings. The van der Waals surface area contributed by atoms with Crippen LogP contribution in [0.25, 0.3) is 11.1 Å². The minimum atomic E-state index is -0.314. The number of aryl methyl sites for hydroxylation is 2. The number of aromatic nitrogens is 2. The number of para-hydroxylation sites is 1. The van der Waals surface area contributed by atoms with Crippen molar-refractivity contribution in [2.45, 2.75) is 26.3 Å². The van der Waals surface area contributed by atoms with Crippen molar-refractivity contribution < 1.29 is 9.50 Å². The van der Waals surface area contributed by atoms with Crippen LogP contribution in [0.5, 0.6) is 5.75 Å². The molecule has 0 radical (unpaired) electrons. The van der Waals surface area contributed by atoms with Gasteiger partial charge in [-0.05, 0) is 55.2 Å². The van der Waals surface area contributed by atoms with E-state index in [4.69, 9.17) is 11.6 Å². The molecule has 6 heteroatoms. The second-order valence-electron chi connectivity index (χ2n) is 7.64. The van der Waals surface area contributed by atoms with Crippen LogP contribution in [0.1, 0.15) is 22.4 Å². The van der Waals surface area contributed by atoms with Crippen LogP contribution in [0, 0.1) is 12.7 Å². The van der Waals surface area contributed by atoms with Gasteiger partial charge in [0.2, 0.25) is 0 Å². The van der Waals surface area contributed by atoms with Gasteiger partial charge in [-0.25, -0.2) is 9.07 Å². The minimum Gasteiger partial charge on any atom is -0.507 e. The number of benzene rings is 3. The van der Waals surface area contributed by atoms with E-state index in [-0.39, 0.29) is 23.7 Å². The molecule has 1 heterocycles. The lowest BCUT2D eigenvalue weighted by atomic mass is 9.94. The molecule has 32 heavy (non-hydrogen) atoms. The molecule has 0 amide bonds. The quantitative estimate of drug-likeness (QED) is 0.420. The molecule has 0 saturated heterocycles. The number of phenols is 1. The summed E-state index contributed by atoms with van der Waals surface area (Å²) >= 11 is 6.30. The fourth-order valence-corrected chi connectivity index (χ4v) is 4.08. The Bertz CT molecular complexity index is 1330. The van der Waals surface area contributed by atoms with Gasteiger partial charge in [0.1, 0.15) is 11.6 Å². The monoisotopic (exact) mass is 448 g/mol. The Hall–Kier alpha value is -3.44. The Morgan fingerprint density at radius 2 is 1.75 bits per heavy atom. The summed E-state index contributed by atoms with van der Waals surface area (Å²) in [5.74, 6) is -0.238. The second-order valence-corrected chi connectivity index (χ2v) is 8.05. The van der Waals surface area contributed by atoms with Gasteiger partial charge in [0.15, 0.2) is 0 Å². The lowest BCUT2D eigenvalue weighted by Gasteiger charge is -2.17. The number of aromatic hydroxyl groups is 1. The van der Waals surface area contributed by atoms with Crippen LogP contribution in [0.2, 0.25) is 5.02 Å². The van der Waals surface area contributed by atoms with Gasteiger partial charge in [-0.3, -0.25) is 4.79 Å². The third kappa shape index (κ3) is 4.58. The maximum Gasteiger partial charge on any atom is 0.270 e. The van der Waals surface area contributed by atoms with Crippen molar-refractivity contribution in [2.75, 3.05) is 0 Å². The van der Waals surface area contributed by atoms with Crippen LogP contribution >= 0.6 is 11.6 Å². The fraction of sp³-hybridized carbons (Fsp3) is 0.154. The molecule has 162 valence electrons. The van der Waals surface area contributed by atoms with Crippen LogP contribution in [-0.4, -0.2) is 14.9 Å². The van der Waals surface area contributed by atoms with Crippen molar-refractivity contribution in [3.8, 4) is 16.9 Å². The second kappa shape index (κ2) is 9.37. The average Bonchev–Trinajstić information content (AvgIpc) is 2.77. The van der Waals surface area contributed by atoms with E-state index in [0.717, 1.165) is 11.1 Å². The molecule has 0 aliphatic carbocycles. The Balaban J connectivity index is 1.82. The van der Waals surface area contributed by atoms with Crippen LogP contribution in [0.15, 0.2) is 77.6 Å². The van der Waals surface area contributed by atoms with Crippen LogP contribution in [-0.2, 0) is 19.4 Å². The Labute approximate surface area is 190 Å². The van der Waals surface area contributed by atoms with E-state index < -0.39 is 0 Å². The van der Waals surface area contributed by atoms with Crippen LogP contribution in [0.4, 0.5) is 4.39 Å². The predicted molar refractivity (Wildman–Crippen MR) is 125 cm³/mol. The van der Waals surface area contributed by atoms with Crippen molar-refractivity contribution in [3.05, 3.63) is 116 Å². The third-order valence-electron chi connectivity index (χ3n) is 5.43. The summed E-state index contributed by atoms with van der Waals surface area (Å²) in [7, 11) is 0. The highest BCUT2D eigenvalue weighted by molar-refractivity contribution is 6.31. The maximum atomic E-state index is 13.7. The van der Waals surface area contributed by atoms with Crippen molar-refractivity contribution in [1.82, 2.24) is 9.78 Å². The lowest BCUT2D eigenvalue weighted by Crippen LogP contribution is -2.29. The highest BCUT2D eigenvalue weighted by Gasteiger charge is 2.19. The highest BCUT2D eigenvalue weighted by Crippen LogP contribution is 2.32. The van der Waals surface area contributed by atoms with E-state index in [0.29, 0.717) is 40.2 Å². The zero-order valence-corrected chi connectivity index (χ0v) is 18.3. The highest BCUT2D eigenvalue weighted by atomic mass is 35.5. The average molecular weight is 449 g/mol. The van der Waals surface area contributed by atoms with Gasteiger partial charge < -0.3 is 5.11 Å². The van der Waals surface area contributed by atoms with Gasteiger partial charge in [0, 0.05) is 21.7 Å². The Morgan fingerprint density at radius 3 is 2.50 bits per heavy atom. The molecule has 1 aromatic heterocycles. The summed E-state index contributed by atoms with van der Waals surface area (Å²) in [6.07, 6.45) is 0.848. The van der Waals surface area contributed by atoms with Crippen LogP contribution in [0.3, 0.4) is 0 Å². The SMILES string of the molecule is Cc1nn(Cc2ccccc2Cl)c(=O)c(CCc2cccc(F)c2)c1-c1ccccc1O. The Kier molecular flexibility index (Phi) is 6.37. The zero-order chi connectivity index (χ0) is 22.7. The molecule has 0 fully saturated rings. The largest absolute Gasteiger partial charge is 0.507 e. The van der Waals surface area contributed by atoms with Gasteiger partial charge in [-0.15, -0.1) is 0 Å². The molecular weight excluding hydrogens is 427 g/mol. The van der Waals surface area contributed by atoms with Gasteiger partial charge in [0.05, 0.1) is 12.2 Å². The van der Waals surface area contributed by atoms with E-state index in [1.165, 1.54) is 16.8 Å². The topological polar surface area (TPSA) is 55.1 Å².